The van der Waals surface area contributed by atoms with Crippen molar-refractivity contribution in [2.75, 3.05) is 13.1 Å². The van der Waals surface area contributed by atoms with Gasteiger partial charge in [-0.2, -0.15) is 0 Å². The number of pyridine rings is 1. The summed E-state index contributed by atoms with van der Waals surface area (Å²) < 4.78 is 18.6. The Morgan fingerprint density at radius 2 is 2.00 bits per heavy atom. The Morgan fingerprint density at radius 1 is 1.25 bits per heavy atom. The predicted molar refractivity (Wildman–Crippen MR) is 83.3 cm³/mol. The molecule has 1 fully saturated rings. The number of carboxylic acids is 1. The molecule has 126 valence electrons. The summed E-state index contributed by atoms with van der Waals surface area (Å²) in [7, 11) is 0. The van der Waals surface area contributed by atoms with Crippen molar-refractivity contribution in [1.29, 1.82) is 0 Å². The van der Waals surface area contributed by atoms with Crippen LogP contribution in [0.4, 0.5) is 4.39 Å². The first kappa shape index (κ1) is 16.4. The SMILES string of the molecule is O=C(O)c1ccc(O[C@@H]2CN(Cc3ccc(F)cn3)C[C@H]2O)cc1. The Labute approximate surface area is 138 Å². The number of β-amino-alcohol motifs (C(OH)–C–C–N with tert-alkyl or cyclic N) is 1. The summed E-state index contributed by atoms with van der Waals surface area (Å²) >= 11 is 0. The number of halogens is 1. The highest BCUT2D eigenvalue weighted by atomic mass is 19.1. The van der Waals surface area contributed by atoms with Gasteiger partial charge in [-0.05, 0) is 36.4 Å². The van der Waals surface area contributed by atoms with Crippen LogP contribution in [0.5, 0.6) is 5.75 Å². The molecule has 0 saturated carbocycles. The van der Waals surface area contributed by atoms with Crippen molar-refractivity contribution >= 4 is 5.97 Å². The standard InChI is InChI=1S/C17H17FN2O4/c18-12-3-4-13(19-7-12)8-20-9-15(21)16(10-20)24-14-5-1-11(2-6-14)17(22)23/h1-7,15-16,21H,8-10H2,(H,22,23)/t15-,16-/m1/s1. The van der Waals surface area contributed by atoms with Crippen LogP contribution in [0.3, 0.4) is 0 Å². The third-order valence-electron chi connectivity index (χ3n) is 3.88. The molecule has 0 amide bonds. The van der Waals surface area contributed by atoms with Crippen LogP contribution in [-0.4, -0.2) is 51.4 Å². The number of carboxylic acid groups (broad SMARTS) is 1. The van der Waals surface area contributed by atoms with E-state index in [1.54, 1.807) is 18.2 Å². The second kappa shape index (κ2) is 6.94. The van der Waals surface area contributed by atoms with Gasteiger partial charge in [0.05, 0.1) is 17.5 Å². The maximum absolute atomic E-state index is 12.9. The van der Waals surface area contributed by atoms with Crippen LogP contribution in [0.25, 0.3) is 0 Å². The number of hydrogen-bond acceptors (Lipinski definition) is 5. The number of nitrogens with zero attached hydrogens (tertiary/aromatic N) is 2. The maximum atomic E-state index is 12.9. The molecule has 1 saturated heterocycles. The van der Waals surface area contributed by atoms with Crippen LogP contribution in [0, 0.1) is 5.82 Å². The third kappa shape index (κ3) is 3.87. The highest BCUT2D eigenvalue weighted by Crippen LogP contribution is 2.20. The van der Waals surface area contributed by atoms with Crippen LogP contribution in [0.15, 0.2) is 42.6 Å². The van der Waals surface area contributed by atoms with Crippen molar-refractivity contribution in [3.05, 3.63) is 59.7 Å². The highest BCUT2D eigenvalue weighted by Gasteiger charge is 2.33. The van der Waals surface area contributed by atoms with E-state index >= 15 is 0 Å². The highest BCUT2D eigenvalue weighted by molar-refractivity contribution is 5.87. The van der Waals surface area contributed by atoms with Gasteiger partial charge < -0.3 is 14.9 Å². The quantitative estimate of drug-likeness (QED) is 0.864. The van der Waals surface area contributed by atoms with Crippen LogP contribution >= 0.6 is 0 Å². The molecule has 0 radical (unpaired) electrons. The van der Waals surface area contributed by atoms with Crippen LogP contribution in [0.1, 0.15) is 16.1 Å². The smallest absolute Gasteiger partial charge is 0.335 e. The fraction of sp³-hybridized carbons (Fsp3) is 0.294. The fourth-order valence-electron chi connectivity index (χ4n) is 2.66. The van der Waals surface area contributed by atoms with E-state index in [9.17, 15) is 14.3 Å². The number of aliphatic hydroxyl groups excluding tert-OH is 1. The molecule has 24 heavy (non-hydrogen) atoms. The Hall–Kier alpha value is -2.51. The lowest BCUT2D eigenvalue weighted by atomic mass is 10.2. The summed E-state index contributed by atoms with van der Waals surface area (Å²) in [6.07, 6.45) is 0.0885. The van der Waals surface area contributed by atoms with Crippen LogP contribution < -0.4 is 4.74 Å². The number of benzene rings is 1. The van der Waals surface area contributed by atoms with Crippen molar-refractivity contribution in [2.24, 2.45) is 0 Å². The number of rotatable bonds is 5. The van der Waals surface area contributed by atoms with E-state index in [2.05, 4.69) is 4.98 Å². The van der Waals surface area contributed by atoms with Crippen molar-refractivity contribution < 1.29 is 24.1 Å². The van der Waals surface area contributed by atoms with Gasteiger partial charge in [0.2, 0.25) is 0 Å². The van der Waals surface area contributed by atoms with E-state index in [-0.39, 0.29) is 11.4 Å². The van der Waals surface area contributed by atoms with Gasteiger partial charge in [0.1, 0.15) is 23.8 Å². The van der Waals surface area contributed by atoms with Gasteiger partial charge in [-0.15, -0.1) is 0 Å². The molecule has 0 unspecified atom stereocenters. The molecule has 1 aromatic carbocycles. The summed E-state index contributed by atoms with van der Waals surface area (Å²) in [4.78, 5) is 16.8. The van der Waals surface area contributed by atoms with E-state index in [1.807, 2.05) is 4.90 Å². The topological polar surface area (TPSA) is 82.9 Å². The van der Waals surface area contributed by atoms with E-state index in [0.717, 1.165) is 5.69 Å². The van der Waals surface area contributed by atoms with Gasteiger partial charge >= 0.3 is 5.97 Å². The Kier molecular flexibility index (Phi) is 4.73. The average Bonchev–Trinajstić information content (AvgIpc) is 2.89. The number of ether oxygens (including phenoxy) is 1. The van der Waals surface area contributed by atoms with Crippen molar-refractivity contribution in [3.8, 4) is 5.75 Å². The molecule has 2 aromatic rings. The van der Waals surface area contributed by atoms with Gasteiger partial charge in [-0.1, -0.05) is 0 Å². The summed E-state index contributed by atoms with van der Waals surface area (Å²) in [5, 5.41) is 19.0. The van der Waals surface area contributed by atoms with Gasteiger partial charge in [0.15, 0.2) is 0 Å². The molecule has 3 rings (SSSR count). The lowest BCUT2D eigenvalue weighted by molar-refractivity contribution is 0.0693. The van der Waals surface area contributed by atoms with Crippen molar-refractivity contribution in [2.45, 2.75) is 18.8 Å². The molecule has 1 aliphatic rings. The molecule has 1 aliphatic heterocycles. The number of aromatic nitrogens is 1. The van der Waals surface area contributed by atoms with E-state index in [1.165, 1.54) is 24.4 Å². The molecule has 6 nitrogen and oxygen atoms in total. The molecular formula is C17H17FN2O4. The number of likely N-dealkylation sites (tertiary alicyclic amines) is 1. The molecule has 7 heteroatoms. The summed E-state index contributed by atoms with van der Waals surface area (Å²) in [5.41, 5.74) is 0.897. The number of hydrogen-bond donors (Lipinski definition) is 2. The minimum atomic E-state index is -1.000. The predicted octanol–water partition coefficient (Wildman–Crippen LogP) is 1.54. The lowest BCUT2D eigenvalue weighted by Crippen LogP contribution is -2.29. The van der Waals surface area contributed by atoms with Crippen molar-refractivity contribution in [1.82, 2.24) is 9.88 Å². The van der Waals surface area contributed by atoms with Gasteiger partial charge in [0.25, 0.3) is 0 Å². The summed E-state index contributed by atoms with van der Waals surface area (Å²) in [5.74, 6) is -0.877. The maximum Gasteiger partial charge on any atom is 0.335 e. The molecule has 1 aromatic heterocycles. The number of aromatic carboxylic acids is 1. The molecule has 2 atom stereocenters. The largest absolute Gasteiger partial charge is 0.486 e. The third-order valence-corrected chi connectivity index (χ3v) is 3.88. The second-order valence-corrected chi connectivity index (χ2v) is 5.72. The zero-order chi connectivity index (χ0) is 17.1. The zero-order valence-corrected chi connectivity index (χ0v) is 12.8. The van der Waals surface area contributed by atoms with E-state index in [4.69, 9.17) is 9.84 Å². The minimum absolute atomic E-state index is 0.179. The van der Waals surface area contributed by atoms with Crippen LogP contribution in [0.2, 0.25) is 0 Å². The average molecular weight is 332 g/mol. The Bertz CT molecular complexity index is 706. The normalized spacial score (nSPS) is 20.9. The second-order valence-electron chi connectivity index (χ2n) is 5.72. The Balaban J connectivity index is 1.59. The Morgan fingerprint density at radius 3 is 2.62 bits per heavy atom. The van der Waals surface area contributed by atoms with Gasteiger partial charge in [-0.25, -0.2) is 9.18 Å². The number of carbonyl (C=O) groups is 1. The minimum Gasteiger partial charge on any atom is -0.486 e. The van der Waals surface area contributed by atoms with Crippen molar-refractivity contribution in [3.63, 3.8) is 0 Å². The molecule has 0 bridgehead atoms. The molecule has 2 heterocycles. The number of aliphatic hydroxyl groups is 1. The lowest BCUT2D eigenvalue weighted by Gasteiger charge is -2.17. The van der Waals surface area contributed by atoms with Gasteiger partial charge in [-0.3, -0.25) is 9.88 Å². The first-order valence-corrected chi connectivity index (χ1v) is 7.52. The van der Waals surface area contributed by atoms with Crippen LogP contribution in [-0.2, 0) is 6.54 Å². The summed E-state index contributed by atoms with van der Waals surface area (Å²) in [6.45, 7) is 1.42. The fourth-order valence-corrected chi connectivity index (χ4v) is 2.66. The molecule has 0 spiro atoms. The first-order chi connectivity index (χ1) is 11.5. The van der Waals surface area contributed by atoms with E-state index < -0.39 is 18.2 Å². The summed E-state index contributed by atoms with van der Waals surface area (Å²) in [6, 6.07) is 9.02. The molecule has 2 N–H and O–H groups in total. The van der Waals surface area contributed by atoms with Gasteiger partial charge in [0, 0.05) is 19.6 Å². The molecule has 0 aliphatic carbocycles. The monoisotopic (exact) mass is 332 g/mol. The zero-order valence-electron chi connectivity index (χ0n) is 12.8. The first-order valence-electron chi connectivity index (χ1n) is 7.52. The van der Waals surface area contributed by atoms with E-state index in [0.29, 0.717) is 25.4 Å². The molecular weight excluding hydrogens is 315 g/mol.